The fourth-order valence-corrected chi connectivity index (χ4v) is 11.5. The summed E-state index contributed by atoms with van der Waals surface area (Å²) in [4.78, 5) is 54.4. The monoisotopic (exact) mass is 1210 g/mol. The van der Waals surface area contributed by atoms with Crippen molar-refractivity contribution in [3.05, 3.63) is 48.6 Å². The summed E-state index contributed by atoms with van der Waals surface area (Å²) < 4.78 is 0. The molecule has 0 fully saturated rings. The van der Waals surface area contributed by atoms with Crippen molar-refractivity contribution in [2.75, 3.05) is 0 Å². The summed E-state index contributed by atoms with van der Waals surface area (Å²) in [5.41, 5.74) is -4.24. The Kier molecular flexibility index (Phi) is 56.9. The third kappa shape index (κ3) is 45.6. The van der Waals surface area contributed by atoms with E-state index in [2.05, 4.69) is 64.2 Å². The minimum atomic E-state index is -2.89. The van der Waals surface area contributed by atoms with E-state index in [0.29, 0.717) is 64.2 Å². The first-order valence-corrected chi connectivity index (χ1v) is 36.2. The Hall–Kier alpha value is -2.64. The average molecular weight is 1210 g/mol. The van der Waals surface area contributed by atoms with Gasteiger partial charge in [0.25, 0.3) is 0 Å². The SMILES string of the molecule is CCCCCC[C@@H](O)C/C=C\CCCCCCCC(=O)C(O)C(O)C(O)(C(=O)CCCCCCC/C=C\C[C@H](O)CCCCCC)C(=O)CCCCCCC/C=C\C[C@](O)(CCCCCC)C(=O)CCCCCCC/C=C\C[C@H](O)CCCCCC. The Morgan fingerprint density at radius 3 is 0.977 bits per heavy atom. The lowest BCUT2D eigenvalue weighted by Gasteiger charge is -2.32. The molecule has 0 aliphatic rings. The number of Topliss-reactive ketones (excluding diaryl/α,β-unsaturated/α-hetero) is 4. The largest absolute Gasteiger partial charge is 0.393 e. The van der Waals surface area contributed by atoms with Crippen LogP contribution in [0.1, 0.15) is 362 Å². The number of unbranched alkanes of at least 4 members (excludes halogenated alkanes) is 32. The van der Waals surface area contributed by atoms with Crippen molar-refractivity contribution in [3.63, 3.8) is 0 Å². The van der Waals surface area contributed by atoms with Gasteiger partial charge in [-0.2, -0.15) is 0 Å². The fraction of sp³-hybridized carbons (Fsp3) is 0.840. The van der Waals surface area contributed by atoms with E-state index in [1.54, 1.807) is 0 Å². The van der Waals surface area contributed by atoms with Gasteiger partial charge in [0.1, 0.15) is 17.8 Å². The summed E-state index contributed by atoms with van der Waals surface area (Å²) in [5, 5.41) is 76.6. The maximum atomic E-state index is 13.8. The van der Waals surface area contributed by atoms with Gasteiger partial charge >= 0.3 is 0 Å². The van der Waals surface area contributed by atoms with Gasteiger partial charge < -0.3 is 35.7 Å². The third-order valence-corrected chi connectivity index (χ3v) is 17.5. The van der Waals surface area contributed by atoms with Gasteiger partial charge in [-0.3, -0.25) is 19.2 Å². The second kappa shape index (κ2) is 58.7. The molecular formula is C75H136O11. The molecule has 502 valence electrons. The molecule has 0 radical (unpaired) electrons. The molecule has 0 saturated carbocycles. The molecule has 11 heteroatoms. The Labute approximate surface area is 527 Å². The molecule has 0 amide bonds. The number of allylic oxidation sites excluding steroid dienone is 4. The lowest BCUT2D eigenvalue weighted by Crippen LogP contribution is -2.61. The predicted molar refractivity (Wildman–Crippen MR) is 359 cm³/mol. The quantitative estimate of drug-likeness (QED) is 0.0173. The zero-order chi connectivity index (χ0) is 63.6. The van der Waals surface area contributed by atoms with Gasteiger partial charge in [-0.1, -0.05) is 256 Å². The van der Waals surface area contributed by atoms with Crippen LogP contribution in [0.4, 0.5) is 0 Å². The second-order valence-electron chi connectivity index (χ2n) is 25.8. The molecule has 86 heavy (non-hydrogen) atoms. The van der Waals surface area contributed by atoms with E-state index in [9.17, 15) is 54.9 Å². The van der Waals surface area contributed by atoms with Crippen LogP contribution >= 0.6 is 0 Å². The van der Waals surface area contributed by atoms with Crippen LogP contribution in [0.25, 0.3) is 0 Å². The van der Waals surface area contributed by atoms with E-state index in [0.717, 1.165) is 205 Å². The van der Waals surface area contributed by atoms with Crippen LogP contribution in [0.15, 0.2) is 48.6 Å². The van der Waals surface area contributed by atoms with Crippen LogP contribution < -0.4 is 0 Å². The molecule has 7 atom stereocenters. The molecule has 0 bridgehead atoms. The van der Waals surface area contributed by atoms with Crippen molar-refractivity contribution in [2.24, 2.45) is 0 Å². The maximum absolute atomic E-state index is 13.8. The highest BCUT2D eigenvalue weighted by Crippen LogP contribution is 2.28. The number of carbonyl (C=O) groups excluding carboxylic acids is 4. The van der Waals surface area contributed by atoms with Crippen molar-refractivity contribution in [3.8, 4) is 0 Å². The smallest absolute Gasteiger partial charge is 0.210 e. The number of ketones is 4. The zero-order valence-electron chi connectivity index (χ0n) is 56.0. The van der Waals surface area contributed by atoms with E-state index in [4.69, 9.17) is 0 Å². The zero-order valence-corrected chi connectivity index (χ0v) is 56.0. The van der Waals surface area contributed by atoms with Crippen LogP contribution in [0, 0.1) is 0 Å². The first kappa shape index (κ1) is 83.4. The summed E-state index contributed by atoms with van der Waals surface area (Å²) in [6.45, 7) is 8.71. The molecule has 0 aliphatic heterocycles. The van der Waals surface area contributed by atoms with Crippen LogP contribution in [-0.4, -0.2) is 101 Å². The van der Waals surface area contributed by atoms with Crippen LogP contribution in [0.5, 0.6) is 0 Å². The summed E-state index contributed by atoms with van der Waals surface area (Å²) in [5.74, 6) is -2.48. The predicted octanol–water partition coefficient (Wildman–Crippen LogP) is 18.1. The number of aliphatic hydroxyl groups excluding tert-OH is 5. The number of hydrogen-bond acceptors (Lipinski definition) is 11. The van der Waals surface area contributed by atoms with Gasteiger partial charge in [0, 0.05) is 32.1 Å². The van der Waals surface area contributed by atoms with E-state index in [1.165, 1.54) is 44.9 Å². The fourth-order valence-electron chi connectivity index (χ4n) is 11.5. The molecule has 0 spiro atoms. The molecule has 7 N–H and O–H groups in total. The van der Waals surface area contributed by atoms with E-state index in [-0.39, 0.29) is 43.4 Å². The van der Waals surface area contributed by atoms with Gasteiger partial charge in [0.15, 0.2) is 23.1 Å². The molecule has 3 unspecified atom stereocenters. The minimum Gasteiger partial charge on any atom is -0.393 e. The number of carbonyl (C=O) groups is 4. The standard InChI is InChI=1S/C75H136O11/c1-5-9-13-41-53-65(76)56-44-33-25-17-20-28-36-47-59-68(79)72(83)73(84)75(86,70(81)61-49-38-30-22-19-27-35-46-58-67(78)55-43-15-11-7-3)71(82)62-50-39-31-23-24-32-40-52-64-74(85,63-51-16-12-8-4)69(80)60-48-37-29-21-18-26-34-45-57-66(77)54-42-14-10-6-2/h33-35,40,44-46,52,65-67,72-73,76-78,83-86H,5-32,36-39,41-43,47-51,53-64H2,1-4H3/b44-33-,45-34-,46-35-,52-40-/t65-,66-,67-,72?,73?,74-,75?/m1/s1. The van der Waals surface area contributed by atoms with Crippen molar-refractivity contribution >= 4 is 23.1 Å². The summed E-state index contributed by atoms with van der Waals surface area (Å²) >= 11 is 0. The van der Waals surface area contributed by atoms with E-state index in [1.807, 2.05) is 12.2 Å². The highest BCUT2D eigenvalue weighted by Gasteiger charge is 2.52. The first-order valence-electron chi connectivity index (χ1n) is 36.2. The van der Waals surface area contributed by atoms with E-state index >= 15 is 0 Å². The minimum absolute atomic E-state index is 0.0396. The Balaban J connectivity index is 5.18. The normalized spacial score (nSPS) is 15.4. The Morgan fingerprint density at radius 2 is 0.616 bits per heavy atom. The Morgan fingerprint density at radius 1 is 0.326 bits per heavy atom. The van der Waals surface area contributed by atoms with Gasteiger partial charge in [-0.25, -0.2) is 0 Å². The average Bonchev–Trinajstić information content (AvgIpc) is 3.60. The highest BCUT2D eigenvalue weighted by atomic mass is 16.4. The van der Waals surface area contributed by atoms with E-state index < -0.39 is 40.8 Å². The molecule has 0 aromatic rings. The molecule has 0 aliphatic carbocycles. The number of hydrogen-bond donors (Lipinski definition) is 7. The Bertz CT molecular complexity index is 1720. The molecule has 0 rings (SSSR count). The molecule has 0 saturated heterocycles. The molecule has 11 nitrogen and oxygen atoms in total. The topological polar surface area (TPSA) is 210 Å². The third-order valence-electron chi connectivity index (χ3n) is 17.5. The molecule has 0 heterocycles. The highest BCUT2D eigenvalue weighted by molar-refractivity contribution is 6.11. The van der Waals surface area contributed by atoms with Crippen molar-refractivity contribution in [1.82, 2.24) is 0 Å². The van der Waals surface area contributed by atoms with Crippen molar-refractivity contribution < 1.29 is 54.9 Å². The van der Waals surface area contributed by atoms with Gasteiger partial charge in [0.2, 0.25) is 5.60 Å². The first-order chi connectivity index (χ1) is 41.6. The van der Waals surface area contributed by atoms with Crippen LogP contribution in [0.2, 0.25) is 0 Å². The van der Waals surface area contributed by atoms with Gasteiger partial charge in [0.05, 0.1) is 18.3 Å². The lowest BCUT2D eigenvalue weighted by atomic mass is 9.79. The van der Waals surface area contributed by atoms with Crippen molar-refractivity contribution in [2.45, 2.75) is 403 Å². The summed E-state index contributed by atoms with van der Waals surface area (Å²) in [6, 6.07) is 0. The molecule has 0 aromatic carbocycles. The molecule has 0 aromatic heterocycles. The number of aliphatic hydroxyl groups is 7. The van der Waals surface area contributed by atoms with Gasteiger partial charge in [-0.15, -0.1) is 0 Å². The van der Waals surface area contributed by atoms with Gasteiger partial charge in [-0.05, 0) is 122 Å². The summed E-state index contributed by atoms with van der Waals surface area (Å²) in [7, 11) is 0. The summed E-state index contributed by atoms with van der Waals surface area (Å²) in [6.07, 6.45) is 54.9. The number of rotatable bonds is 66. The van der Waals surface area contributed by atoms with Crippen molar-refractivity contribution in [1.29, 1.82) is 0 Å². The van der Waals surface area contributed by atoms with Crippen LogP contribution in [-0.2, 0) is 19.2 Å². The maximum Gasteiger partial charge on any atom is 0.210 e. The second-order valence-corrected chi connectivity index (χ2v) is 25.8. The van der Waals surface area contributed by atoms with Crippen LogP contribution in [0.3, 0.4) is 0 Å². The molecular weight excluding hydrogens is 1080 g/mol. The lowest BCUT2D eigenvalue weighted by molar-refractivity contribution is -0.174.